The van der Waals surface area contributed by atoms with E-state index in [1.54, 1.807) is 13.3 Å². The summed E-state index contributed by atoms with van der Waals surface area (Å²) in [6.45, 7) is 6.33. The number of amides is 1. The van der Waals surface area contributed by atoms with E-state index in [2.05, 4.69) is 15.6 Å². The van der Waals surface area contributed by atoms with Crippen LogP contribution in [0.15, 0.2) is 18.3 Å². The number of carbonyl (C=O) groups is 1. The minimum absolute atomic E-state index is 0.00558. The highest BCUT2D eigenvalue weighted by molar-refractivity contribution is 5.81. The molecule has 0 aliphatic carbocycles. The number of methoxy groups -OCH3 is 1. The monoisotopic (exact) mass is 251 g/mol. The first-order valence-corrected chi connectivity index (χ1v) is 6.05. The predicted octanol–water partition coefficient (Wildman–Crippen LogP) is 1.09. The SMILES string of the molecule is COc1cc(CNC(C)C(=O)NC(C)C)ccn1. The molecule has 0 fully saturated rings. The molecule has 5 heteroatoms. The van der Waals surface area contributed by atoms with Gasteiger partial charge in [-0.2, -0.15) is 0 Å². The molecule has 18 heavy (non-hydrogen) atoms. The molecule has 1 aromatic rings. The van der Waals surface area contributed by atoms with Crippen molar-refractivity contribution in [3.8, 4) is 5.88 Å². The molecule has 1 aromatic heterocycles. The van der Waals surface area contributed by atoms with Crippen LogP contribution in [0.1, 0.15) is 26.3 Å². The molecule has 100 valence electrons. The van der Waals surface area contributed by atoms with E-state index in [4.69, 9.17) is 4.74 Å². The van der Waals surface area contributed by atoms with Gasteiger partial charge >= 0.3 is 0 Å². The maximum absolute atomic E-state index is 11.7. The summed E-state index contributed by atoms with van der Waals surface area (Å²) in [7, 11) is 1.58. The topological polar surface area (TPSA) is 63.2 Å². The highest BCUT2D eigenvalue weighted by Crippen LogP contribution is 2.08. The molecule has 0 bridgehead atoms. The van der Waals surface area contributed by atoms with Crippen LogP contribution in [0.25, 0.3) is 0 Å². The summed E-state index contributed by atoms with van der Waals surface area (Å²) >= 11 is 0. The first-order valence-electron chi connectivity index (χ1n) is 6.05. The normalized spacial score (nSPS) is 12.3. The first-order chi connectivity index (χ1) is 8.52. The lowest BCUT2D eigenvalue weighted by Crippen LogP contribution is -2.44. The number of nitrogens with zero attached hydrogens (tertiary/aromatic N) is 1. The van der Waals surface area contributed by atoms with Crippen LogP contribution in [0.4, 0.5) is 0 Å². The van der Waals surface area contributed by atoms with E-state index in [0.29, 0.717) is 12.4 Å². The molecule has 1 rings (SSSR count). The van der Waals surface area contributed by atoms with Crippen LogP contribution in [0, 0.1) is 0 Å². The Labute approximate surface area is 108 Å². The van der Waals surface area contributed by atoms with Crippen molar-refractivity contribution in [2.45, 2.75) is 39.4 Å². The molecule has 1 unspecified atom stereocenters. The highest BCUT2D eigenvalue weighted by atomic mass is 16.5. The number of ether oxygens (including phenoxy) is 1. The minimum atomic E-state index is -0.230. The second-order valence-electron chi connectivity index (χ2n) is 4.47. The van der Waals surface area contributed by atoms with E-state index in [1.807, 2.05) is 32.9 Å². The Morgan fingerprint density at radius 1 is 1.44 bits per heavy atom. The fourth-order valence-corrected chi connectivity index (χ4v) is 1.45. The molecule has 0 aromatic carbocycles. The van der Waals surface area contributed by atoms with Crippen molar-refractivity contribution >= 4 is 5.91 Å². The van der Waals surface area contributed by atoms with Crippen LogP contribution in [-0.4, -0.2) is 30.1 Å². The molecule has 0 radical (unpaired) electrons. The van der Waals surface area contributed by atoms with Gasteiger partial charge in [0.15, 0.2) is 0 Å². The molecule has 1 atom stereocenters. The number of carbonyl (C=O) groups excluding carboxylic acids is 1. The second kappa shape index (κ2) is 6.96. The van der Waals surface area contributed by atoms with E-state index < -0.39 is 0 Å². The first kappa shape index (κ1) is 14.4. The lowest BCUT2D eigenvalue weighted by molar-refractivity contribution is -0.123. The zero-order chi connectivity index (χ0) is 13.5. The van der Waals surface area contributed by atoms with Crippen LogP contribution < -0.4 is 15.4 Å². The number of aromatic nitrogens is 1. The summed E-state index contributed by atoms with van der Waals surface area (Å²) in [5, 5.41) is 6.02. The smallest absolute Gasteiger partial charge is 0.237 e. The third-order valence-corrected chi connectivity index (χ3v) is 2.44. The third-order valence-electron chi connectivity index (χ3n) is 2.44. The summed E-state index contributed by atoms with van der Waals surface area (Å²) in [5.74, 6) is 0.583. The molecule has 0 saturated carbocycles. The Morgan fingerprint density at radius 3 is 2.78 bits per heavy atom. The average molecular weight is 251 g/mol. The molecule has 1 heterocycles. The Hall–Kier alpha value is -1.62. The van der Waals surface area contributed by atoms with Crippen molar-refractivity contribution in [2.75, 3.05) is 7.11 Å². The Kier molecular flexibility index (Phi) is 5.58. The van der Waals surface area contributed by atoms with Crippen molar-refractivity contribution < 1.29 is 9.53 Å². The average Bonchev–Trinajstić information content (AvgIpc) is 2.35. The van der Waals surface area contributed by atoms with Crippen molar-refractivity contribution in [2.24, 2.45) is 0 Å². The predicted molar refractivity (Wildman–Crippen MR) is 70.4 cm³/mol. The Balaban J connectivity index is 2.46. The van der Waals surface area contributed by atoms with Gasteiger partial charge in [-0.1, -0.05) is 0 Å². The van der Waals surface area contributed by atoms with Crippen molar-refractivity contribution in [3.05, 3.63) is 23.9 Å². The van der Waals surface area contributed by atoms with Gasteiger partial charge in [-0.05, 0) is 32.4 Å². The van der Waals surface area contributed by atoms with Gasteiger partial charge in [0.05, 0.1) is 13.2 Å². The van der Waals surface area contributed by atoms with E-state index in [9.17, 15) is 4.79 Å². The van der Waals surface area contributed by atoms with Gasteiger partial charge < -0.3 is 15.4 Å². The van der Waals surface area contributed by atoms with Crippen LogP contribution >= 0.6 is 0 Å². The van der Waals surface area contributed by atoms with E-state index >= 15 is 0 Å². The van der Waals surface area contributed by atoms with Crippen molar-refractivity contribution in [1.82, 2.24) is 15.6 Å². The van der Waals surface area contributed by atoms with E-state index in [0.717, 1.165) is 5.56 Å². The van der Waals surface area contributed by atoms with E-state index in [1.165, 1.54) is 0 Å². The zero-order valence-electron chi connectivity index (χ0n) is 11.4. The molecule has 1 amide bonds. The van der Waals surface area contributed by atoms with Gasteiger partial charge in [0.1, 0.15) is 0 Å². The summed E-state index contributed by atoms with van der Waals surface area (Å²) in [5.41, 5.74) is 1.03. The molecule has 0 aliphatic rings. The summed E-state index contributed by atoms with van der Waals surface area (Å²) < 4.78 is 5.04. The van der Waals surface area contributed by atoms with Crippen LogP contribution in [0.5, 0.6) is 5.88 Å². The van der Waals surface area contributed by atoms with Crippen molar-refractivity contribution in [3.63, 3.8) is 0 Å². The summed E-state index contributed by atoms with van der Waals surface area (Å²) in [6.07, 6.45) is 1.69. The molecule has 0 saturated heterocycles. The third kappa shape index (κ3) is 4.71. The van der Waals surface area contributed by atoms with Gasteiger partial charge in [-0.3, -0.25) is 4.79 Å². The largest absolute Gasteiger partial charge is 0.481 e. The molecule has 5 nitrogen and oxygen atoms in total. The fourth-order valence-electron chi connectivity index (χ4n) is 1.45. The van der Waals surface area contributed by atoms with Gasteiger partial charge in [0.25, 0.3) is 0 Å². The number of rotatable bonds is 6. The zero-order valence-corrected chi connectivity index (χ0v) is 11.4. The quantitative estimate of drug-likeness (QED) is 0.794. The number of nitrogens with one attached hydrogen (secondary N) is 2. The fraction of sp³-hybridized carbons (Fsp3) is 0.538. The minimum Gasteiger partial charge on any atom is -0.481 e. The standard InChI is InChI=1S/C13H21N3O2/c1-9(2)16-13(17)10(3)15-8-11-5-6-14-12(7-11)18-4/h5-7,9-10,15H,8H2,1-4H3,(H,16,17). The van der Waals surface area contributed by atoms with E-state index in [-0.39, 0.29) is 18.0 Å². The Bertz CT molecular complexity index is 394. The number of hydrogen-bond donors (Lipinski definition) is 2. The maximum Gasteiger partial charge on any atom is 0.237 e. The summed E-state index contributed by atoms with van der Waals surface area (Å²) in [6, 6.07) is 3.66. The van der Waals surface area contributed by atoms with Crippen molar-refractivity contribution in [1.29, 1.82) is 0 Å². The number of pyridine rings is 1. The Morgan fingerprint density at radius 2 is 2.17 bits per heavy atom. The van der Waals surface area contributed by atoms with Crippen LogP contribution in [0.3, 0.4) is 0 Å². The van der Waals surface area contributed by atoms with Gasteiger partial charge in [0, 0.05) is 24.8 Å². The van der Waals surface area contributed by atoms with Gasteiger partial charge in [0.2, 0.25) is 11.8 Å². The second-order valence-corrected chi connectivity index (χ2v) is 4.47. The van der Waals surface area contributed by atoms with Gasteiger partial charge in [-0.25, -0.2) is 4.98 Å². The van der Waals surface area contributed by atoms with Crippen LogP contribution in [-0.2, 0) is 11.3 Å². The molecule has 0 spiro atoms. The van der Waals surface area contributed by atoms with Crippen LogP contribution in [0.2, 0.25) is 0 Å². The molecular formula is C13H21N3O2. The number of hydrogen-bond acceptors (Lipinski definition) is 4. The lowest BCUT2D eigenvalue weighted by Gasteiger charge is -2.16. The maximum atomic E-state index is 11.7. The lowest BCUT2D eigenvalue weighted by atomic mass is 10.2. The van der Waals surface area contributed by atoms with Gasteiger partial charge in [-0.15, -0.1) is 0 Å². The molecule has 0 aliphatic heterocycles. The molecule has 2 N–H and O–H groups in total. The summed E-state index contributed by atoms with van der Waals surface area (Å²) in [4.78, 5) is 15.7. The molecular weight excluding hydrogens is 230 g/mol. The highest BCUT2D eigenvalue weighted by Gasteiger charge is 2.12.